The molecule has 1 aromatic rings. The third-order valence-corrected chi connectivity index (χ3v) is 3.19. The number of hydrogen-bond acceptors (Lipinski definition) is 3. The minimum absolute atomic E-state index is 0.114. The molecule has 1 fully saturated rings. The van der Waals surface area contributed by atoms with Crippen LogP contribution in [-0.4, -0.2) is 24.9 Å². The quantitative estimate of drug-likeness (QED) is 0.856. The van der Waals surface area contributed by atoms with Gasteiger partial charge in [0.2, 0.25) is 5.91 Å². The molecule has 4 nitrogen and oxygen atoms in total. The van der Waals surface area contributed by atoms with Gasteiger partial charge in [0.15, 0.2) is 0 Å². The molecule has 0 aliphatic heterocycles. The van der Waals surface area contributed by atoms with Crippen LogP contribution in [0.3, 0.4) is 0 Å². The van der Waals surface area contributed by atoms with E-state index in [4.69, 9.17) is 0 Å². The maximum Gasteiger partial charge on any atom is 0.573 e. The number of anilines is 1. The molecule has 0 radical (unpaired) electrons. The first-order valence-electron chi connectivity index (χ1n) is 5.92. The Kier molecular flexibility index (Phi) is 4.54. The minimum atomic E-state index is -4.75. The Morgan fingerprint density at radius 1 is 1.40 bits per heavy atom. The van der Waals surface area contributed by atoms with Crippen molar-refractivity contribution < 1.29 is 22.7 Å². The van der Waals surface area contributed by atoms with Crippen molar-refractivity contribution in [3.05, 3.63) is 22.7 Å². The number of benzene rings is 1. The van der Waals surface area contributed by atoms with Gasteiger partial charge in [0.25, 0.3) is 0 Å². The number of nitrogens with one attached hydrogen (secondary N) is 2. The largest absolute Gasteiger partial charge is 0.573 e. The van der Waals surface area contributed by atoms with Gasteiger partial charge >= 0.3 is 6.36 Å². The fourth-order valence-corrected chi connectivity index (χ4v) is 1.98. The second kappa shape index (κ2) is 6.01. The third-order valence-electron chi connectivity index (χ3n) is 2.57. The van der Waals surface area contributed by atoms with E-state index >= 15 is 0 Å². The van der Waals surface area contributed by atoms with Gasteiger partial charge in [-0.15, -0.1) is 13.2 Å². The predicted octanol–water partition coefficient (Wildman–Crippen LogP) is 3.04. The van der Waals surface area contributed by atoms with E-state index in [1.165, 1.54) is 12.1 Å². The van der Waals surface area contributed by atoms with Crippen molar-refractivity contribution in [2.75, 3.05) is 11.9 Å². The zero-order chi connectivity index (χ0) is 14.8. The minimum Gasteiger partial charge on any atom is -0.405 e. The molecule has 8 heteroatoms. The summed E-state index contributed by atoms with van der Waals surface area (Å²) < 4.78 is 40.2. The van der Waals surface area contributed by atoms with Crippen molar-refractivity contribution in [3.63, 3.8) is 0 Å². The molecule has 0 heterocycles. The molecule has 1 aromatic carbocycles. The Morgan fingerprint density at radius 2 is 2.10 bits per heavy atom. The van der Waals surface area contributed by atoms with Crippen molar-refractivity contribution in [3.8, 4) is 5.75 Å². The van der Waals surface area contributed by atoms with Gasteiger partial charge in [-0.2, -0.15) is 0 Å². The van der Waals surface area contributed by atoms with Crippen LogP contribution in [0.15, 0.2) is 22.7 Å². The normalized spacial score (nSPS) is 15.0. The maximum absolute atomic E-state index is 12.1. The van der Waals surface area contributed by atoms with Crippen LogP contribution in [0.25, 0.3) is 0 Å². The van der Waals surface area contributed by atoms with E-state index in [1.54, 1.807) is 0 Å². The molecule has 1 aliphatic carbocycles. The molecule has 2 N–H and O–H groups in total. The van der Waals surface area contributed by atoms with Gasteiger partial charge < -0.3 is 15.4 Å². The predicted molar refractivity (Wildman–Crippen MR) is 70.5 cm³/mol. The summed E-state index contributed by atoms with van der Waals surface area (Å²) in [6.45, 7) is 0.184. The standard InChI is InChI=1S/C12H12BrF3N2O2/c13-9-5-8(3-4-10(9)20-12(14,15)16)18-11(19)6-17-7-1-2-7/h3-5,7,17H,1-2,6H2,(H,18,19). The van der Waals surface area contributed by atoms with Crippen molar-refractivity contribution >= 4 is 27.5 Å². The van der Waals surface area contributed by atoms with Crippen LogP contribution in [0, 0.1) is 0 Å². The number of ether oxygens (including phenoxy) is 1. The topological polar surface area (TPSA) is 50.4 Å². The van der Waals surface area contributed by atoms with Gasteiger partial charge in [-0.3, -0.25) is 4.79 Å². The van der Waals surface area contributed by atoms with E-state index < -0.39 is 6.36 Å². The molecular weight excluding hydrogens is 341 g/mol. The highest BCUT2D eigenvalue weighted by molar-refractivity contribution is 9.10. The van der Waals surface area contributed by atoms with Gasteiger partial charge in [-0.1, -0.05) is 0 Å². The molecule has 0 bridgehead atoms. The lowest BCUT2D eigenvalue weighted by Crippen LogP contribution is -2.29. The zero-order valence-corrected chi connectivity index (χ0v) is 11.8. The summed E-state index contributed by atoms with van der Waals surface area (Å²) in [5, 5.41) is 5.62. The second-order valence-corrected chi connectivity index (χ2v) is 5.25. The summed E-state index contributed by atoms with van der Waals surface area (Å²) in [6.07, 6.45) is -2.61. The summed E-state index contributed by atoms with van der Waals surface area (Å²) in [5.41, 5.74) is 0.397. The molecule has 0 spiro atoms. The third kappa shape index (κ3) is 5.01. The fourth-order valence-electron chi connectivity index (χ4n) is 1.52. The van der Waals surface area contributed by atoms with Gasteiger partial charge in [0.05, 0.1) is 11.0 Å². The van der Waals surface area contributed by atoms with E-state index in [1.807, 2.05) is 0 Å². The van der Waals surface area contributed by atoms with Gasteiger partial charge in [0, 0.05) is 11.7 Å². The number of amides is 1. The van der Waals surface area contributed by atoms with Crippen molar-refractivity contribution in [2.24, 2.45) is 0 Å². The smallest absolute Gasteiger partial charge is 0.405 e. The summed E-state index contributed by atoms with van der Waals surface area (Å²) in [5.74, 6) is -0.597. The lowest BCUT2D eigenvalue weighted by atomic mass is 10.3. The molecule has 0 unspecified atom stereocenters. The number of rotatable bonds is 5. The Balaban J connectivity index is 1.92. The van der Waals surface area contributed by atoms with E-state index in [-0.39, 0.29) is 22.7 Å². The van der Waals surface area contributed by atoms with Crippen LogP contribution in [-0.2, 0) is 4.79 Å². The van der Waals surface area contributed by atoms with E-state index in [9.17, 15) is 18.0 Å². The van der Waals surface area contributed by atoms with Crippen LogP contribution in [0.4, 0.5) is 18.9 Å². The lowest BCUT2D eigenvalue weighted by Gasteiger charge is -2.12. The van der Waals surface area contributed by atoms with Crippen molar-refractivity contribution in [2.45, 2.75) is 25.2 Å². The van der Waals surface area contributed by atoms with Crippen LogP contribution in [0.5, 0.6) is 5.75 Å². The van der Waals surface area contributed by atoms with Gasteiger partial charge in [-0.25, -0.2) is 0 Å². The average Bonchev–Trinajstić information content (AvgIpc) is 3.12. The molecule has 20 heavy (non-hydrogen) atoms. The van der Waals surface area contributed by atoms with Gasteiger partial charge in [0.1, 0.15) is 5.75 Å². The van der Waals surface area contributed by atoms with Crippen molar-refractivity contribution in [1.82, 2.24) is 5.32 Å². The number of hydrogen-bond donors (Lipinski definition) is 2. The first kappa shape index (κ1) is 15.1. The fraction of sp³-hybridized carbons (Fsp3) is 0.417. The molecule has 1 amide bonds. The van der Waals surface area contributed by atoms with Gasteiger partial charge in [-0.05, 0) is 47.0 Å². The van der Waals surface area contributed by atoms with Crippen LogP contribution in [0.2, 0.25) is 0 Å². The molecule has 1 saturated carbocycles. The molecule has 110 valence electrons. The highest BCUT2D eigenvalue weighted by atomic mass is 79.9. The van der Waals surface area contributed by atoms with Crippen LogP contribution >= 0.6 is 15.9 Å². The Bertz CT molecular complexity index is 504. The number of alkyl halides is 3. The molecule has 2 rings (SSSR count). The number of halogens is 4. The highest BCUT2D eigenvalue weighted by Crippen LogP contribution is 2.32. The first-order chi connectivity index (χ1) is 9.33. The summed E-state index contributed by atoms with van der Waals surface area (Å²) in [4.78, 5) is 11.6. The number of carbonyl (C=O) groups excluding carboxylic acids is 1. The maximum atomic E-state index is 12.1. The Morgan fingerprint density at radius 3 is 2.65 bits per heavy atom. The van der Waals surface area contributed by atoms with Crippen molar-refractivity contribution in [1.29, 1.82) is 0 Å². The molecular formula is C12H12BrF3N2O2. The summed E-state index contributed by atoms with van der Waals surface area (Å²) >= 11 is 2.97. The molecule has 0 saturated heterocycles. The van der Waals surface area contributed by atoms with Crippen LogP contribution in [0.1, 0.15) is 12.8 Å². The zero-order valence-electron chi connectivity index (χ0n) is 10.3. The van der Waals surface area contributed by atoms with E-state index in [0.29, 0.717) is 11.7 Å². The van der Waals surface area contributed by atoms with E-state index in [2.05, 4.69) is 31.3 Å². The van der Waals surface area contributed by atoms with E-state index in [0.717, 1.165) is 18.9 Å². The lowest BCUT2D eigenvalue weighted by molar-refractivity contribution is -0.274. The summed E-state index contributed by atoms with van der Waals surface area (Å²) in [6, 6.07) is 4.26. The summed E-state index contributed by atoms with van der Waals surface area (Å²) in [7, 11) is 0. The number of carbonyl (C=O) groups is 1. The molecule has 1 aliphatic rings. The molecule has 0 atom stereocenters. The monoisotopic (exact) mass is 352 g/mol. The first-order valence-corrected chi connectivity index (χ1v) is 6.71. The Hall–Kier alpha value is -1.28. The SMILES string of the molecule is O=C(CNC1CC1)Nc1ccc(OC(F)(F)F)c(Br)c1. The second-order valence-electron chi connectivity index (χ2n) is 4.40. The van der Waals surface area contributed by atoms with Crippen LogP contribution < -0.4 is 15.4 Å². The molecule has 0 aromatic heterocycles. The average molecular weight is 353 g/mol. The Labute approximate surface area is 121 Å². The highest BCUT2D eigenvalue weighted by Gasteiger charge is 2.32.